The van der Waals surface area contributed by atoms with Crippen LogP contribution in [0, 0.1) is 17.2 Å². The molecule has 1 aliphatic rings. The molecule has 2 unspecified atom stereocenters. The molecule has 0 saturated carbocycles. The summed E-state index contributed by atoms with van der Waals surface area (Å²) in [6.45, 7) is 12.8. The van der Waals surface area contributed by atoms with E-state index in [9.17, 15) is 15.2 Å². The van der Waals surface area contributed by atoms with Gasteiger partial charge in [-0.15, -0.1) is 0 Å². The lowest BCUT2D eigenvalue weighted by Crippen LogP contribution is -2.40. The molecule has 7 nitrogen and oxygen atoms in total. The fourth-order valence-corrected chi connectivity index (χ4v) is 4.53. The number of likely N-dealkylation sites (N-methyl/N-ethyl adjacent to an activating group) is 1. The maximum absolute atomic E-state index is 13.8. The molecule has 2 aromatic rings. The number of fused-ring (bicyclic) bond motifs is 1. The van der Waals surface area contributed by atoms with Gasteiger partial charge < -0.3 is 19.6 Å². The first-order valence-corrected chi connectivity index (χ1v) is 12.6. The van der Waals surface area contributed by atoms with Crippen molar-refractivity contribution >= 4 is 5.91 Å². The van der Waals surface area contributed by atoms with Crippen LogP contribution >= 0.6 is 0 Å². The Morgan fingerprint density at radius 3 is 2.63 bits per heavy atom. The van der Waals surface area contributed by atoms with Crippen LogP contribution in [0.2, 0.25) is 0 Å². The summed E-state index contributed by atoms with van der Waals surface area (Å²) in [4.78, 5) is 22.3. The van der Waals surface area contributed by atoms with Gasteiger partial charge in [0.15, 0.2) is 0 Å². The number of ether oxygens (including phenoxy) is 1. The van der Waals surface area contributed by atoms with Gasteiger partial charge in [-0.05, 0) is 69.0 Å². The Morgan fingerprint density at radius 1 is 1.26 bits per heavy atom. The van der Waals surface area contributed by atoms with Crippen molar-refractivity contribution in [2.45, 2.75) is 59.6 Å². The summed E-state index contributed by atoms with van der Waals surface area (Å²) in [7, 11) is 2.08. The van der Waals surface area contributed by atoms with Gasteiger partial charge in [0, 0.05) is 30.9 Å². The van der Waals surface area contributed by atoms with Crippen LogP contribution in [0.4, 0.5) is 0 Å². The molecule has 0 fully saturated rings. The highest BCUT2D eigenvalue weighted by molar-refractivity contribution is 5.97. The number of carbonyl (C=O) groups is 1. The van der Waals surface area contributed by atoms with Crippen molar-refractivity contribution in [1.82, 2.24) is 14.8 Å². The van der Waals surface area contributed by atoms with E-state index in [0.717, 1.165) is 36.2 Å². The Labute approximate surface area is 209 Å². The number of hydrogen-bond acceptors (Lipinski definition) is 6. The Bertz CT molecular complexity index is 1090. The Kier molecular flexibility index (Phi) is 8.87. The number of nitrogens with zero attached hydrogens (tertiary/aromatic N) is 4. The van der Waals surface area contributed by atoms with E-state index in [4.69, 9.17) is 4.74 Å². The lowest BCUT2D eigenvalue weighted by Gasteiger charge is -2.35. The monoisotopic (exact) mass is 478 g/mol. The van der Waals surface area contributed by atoms with E-state index in [2.05, 4.69) is 36.0 Å². The molecule has 2 atom stereocenters. The molecular formula is C28H38N4O3. The minimum absolute atomic E-state index is 0.0502. The number of nitriles is 1. The van der Waals surface area contributed by atoms with E-state index in [1.807, 2.05) is 38.7 Å². The van der Waals surface area contributed by atoms with Crippen LogP contribution in [-0.2, 0) is 12.8 Å². The van der Waals surface area contributed by atoms with Crippen molar-refractivity contribution in [2.75, 3.05) is 33.3 Å². The first-order valence-electron chi connectivity index (χ1n) is 12.6. The van der Waals surface area contributed by atoms with Crippen LogP contribution in [0.5, 0.6) is 5.75 Å². The molecule has 0 saturated heterocycles. The SMILES string of the molecule is CCOc1cc(C(C)N2CCc3c(cc(CCN(C)CC)cc3C(O)C(C)C)C2=O)ncc1C#N. The van der Waals surface area contributed by atoms with Crippen molar-refractivity contribution < 1.29 is 14.6 Å². The second kappa shape index (κ2) is 11.7. The van der Waals surface area contributed by atoms with Crippen LogP contribution in [0.1, 0.15) is 85.1 Å². The van der Waals surface area contributed by atoms with Crippen LogP contribution < -0.4 is 4.74 Å². The van der Waals surface area contributed by atoms with E-state index in [1.165, 1.54) is 6.20 Å². The lowest BCUT2D eigenvalue weighted by molar-refractivity contribution is 0.0664. The molecule has 1 aromatic carbocycles. The average molecular weight is 479 g/mol. The van der Waals surface area contributed by atoms with E-state index in [0.29, 0.717) is 42.1 Å². The van der Waals surface area contributed by atoms with Gasteiger partial charge >= 0.3 is 0 Å². The topological polar surface area (TPSA) is 89.7 Å². The maximum atomic E-state index is 13.8. The Morgan fingerprint density at radius 2 is 2.00 bits per heavy atom. The van der Waals surface area contributed by atoms with Gasteiger partial charge in [-0.1, -0.05) is 26.8 Å². The van der Waals surface area contributed by atoms with Gasteiger partial charge in [0.1, 0.15) is 17.4 Å². The minimum atomic E-state index is -0.613. The molecular weight excluding hydrogens is 440 g/mol. The smallest absolute Gasteiger partial charge is 0.254 e. The zero-order chi connectivity index (χ0) is 25.7. The third-order valence-corrected chi connectivity index (χ3v) is 6.91. The number of benzene rings is 1. The van der Waals surface area contributed by atoms with E-state index < -0.39 is 6.10 Å². The summed E-state index contributed by atoms with van der Waals surface area (Å²) in [5.41, 5.74) is 4.64. The predicted octanol–water partition coefficient (Wildman–Crippen LogP) is 4.30. The van der Waals surface area contributed by atoms with Crippen LogP contribution in [0.15, 0.2) is 24.4 Å². The number of aliphatic hydroxyl groups is 1. The highest BCUT2D eigenvalue weighted by Gasteiger charge is 2.33. The van der Waals surface area contributed by atoms with Crippen molar-refractivity contribution in [3.8, 4) is 11.8 Å². The summed E-state index contributed by atoms with van der Waals surface area (Å²) >= 11 is 0. The molecule has 1 N–H and O–H groups in total. The Balaban J connectivity index is 1.97. The normalized spacial score (nSPS) is 15.2. The zero-order valence-corrected chi connectivity index (χ0v) is 21.8. The molecule has 188 valence electrons. The molecule has 0 radical (unpaired) electrons. The average Bonchev–Trinajstić information content (AvgIpc) is 2.86. The maximum Gasteiger partial charge on any atom is 0.254 e. The number of amides is 1. The molecule has 0 spiro atoms. The molecule has 1 amide bonds. The van der Waals surface area contributed by atoms with Crippen molar-refractivity contribution in [3.05, 3.63) is 57.9 Å². The van der Waals surface area contributed by atoms with Gasteiger partial charge in [-0.2, -0.15) is 5.26 Å². The number of hydrogen-bond donors (Lipinski definition) is 1. The number of aromatic nitrogens is 1. The Hall–Kier alpha value is -2.95. The fraction of sp³-hybridized carbons (Fsp3) is 0.536. The van der Waals surface area contributed by atoms with E-state index >= 15 is 0 Å². The highest BCUT2D eigenvalue weighted by atomic mass is 16.5. The largest absolute Gasteiger partial charge is 0.492 e. The summed E-state index contributed by atoms with van der Waals surface area (Å²) < 4.78 is 5.63. The van der Waals surface area contributed by atoms with E-state index in [-0.39, 0.29) is 17.9 Å². The van der Waals surface area contributed by atoms with Crippen LogP contribution in [0.25, 0.3) is 0 Å². The third kappa shape index (κ3) is 5.83. The van der Waals surface area contributed by atoms with Gasteiger partial charge in [0.2, 0.25) is 0 Å². The molecule has 0 bridgehead atoms. The number of pyridine rings is 1. The summed E-state index contributed by atoms with van der Waals surface area (Å²) in [6, 6.07) is 7.69. The highest BCUT2D eigenvalue weighted by Crippen LogP contribution is 2.35. The summed E-state index contributed by atoms with van der Waals surface area (Å²) in [5.74, 6) is 0.492. The summed E-state index contributed by atoms with van der Waals surface area (Å²) in [6.07, 6.45) is 2.39. The number of carbonyl (C=O) groups excluding carboxylic acids is 1. The molecule has 1 aliphatic heterocycles. The molecule has 2 heterocycles. The zero-order valence-electron chi connectivity index (χ0n) is 21.8. The van der Waals surface area contributed by atoms with Crippen LogP contribution in [0.3, 0.4) is 0 Å². The first kappa shape index (κ1) is 26.7. The third-order valence-electron chi connectivity index (χ3n) is 6.91. The number of aliphatic hydroxyl groups excluding tert-OH is 1. The lowest BCUT2D eigenvalue weighted by atomic mass is 9.85. The summed E-state index contributed by atoms with van der Waals surface area (Å²) in [5, 5.41) is 20.3. The molecule has 3 rings (SSSR count). The minimum Gasteiger partial charge on any atom is -0.492 e. The molecule has 35 heavy (non-hydrogen) atoms. The fourth-order valence-electron chi connectivity index (χ4n) is 4.53. The quantitative estimate of drug-likeness (QED) is 0.548. The molecule has 7 heteroatoms. The van der Waals surface area contributed by atoms with Crippen molar-refractivity contribution in [3.63, 3.8) is 0 Å². The first-order chi connectivity index (χ1) is 16.7. The second-order valence-corrected chi connectivity index (χ2v) is 9.62. The van der Waals surface area contributed by atoms with Crippen molar-refractivity contribution in [1.29, 1.82) is 5.26 Å². The second-order valence-electron chi connectivity index (χ2n) is 9.62. The molecule has 1 aromatic heterocycles. The molecule has 0 aliphatic carbocycles. The van der Waals surface area contributed by atoms with Crippen molar-refractivity contribution in [2.24, 2.45) is 5.92 Å². The van der Waals surface area contributed by atoms with Gasteiger partial charge in [-0.25, -0.2) is 0 Å². The van der Waals surface area contributed by atoms with Gasteiger partial charge in [-0.3, -0.25) is 9.78 Å². The predicted molar refractivity (Wildman–Crippen MR) is 136 cm³/mol. The van der Waals surface area contributed by atoms with Crippen LogP contribution in [-0.4, -0.2) is 59.1 Å². The number of rotatable bonds is 10. The van der Waals surface area contributed by atoms with E-state index in [1.54, 1.807) is 6.07 Å². The van der Waals surface area contributed by atoms with Gasteiger partial charge in [0.25, 0.3) is 5.91 Å². The van der Waals surface area contributed by atoms with Gasteiger partial charge in [0.05, 0.1) is 24.4 Å². The standard InChI is InChI=1S/C28H38N4O3/c1-7-31(6)11-9-20-13-23(27(33)18(3)4)22-10-12-32(28(34)24(22)14-20)19(5)25-15-26(35-8-2)21(16-29)17-30-25/h13-15,17-19,27,33H,7-12H2,1-6H3.